The van der Waals surface area contributed by atoms with Crippen LogP contribution < -0.4 is 9.62 Å². The first kappa shape index (κ1) is 27.2. The van der Waals surface area contributed by atoms with E-state index in [9.17, 15) is 26.8 Å². The number of benzene rings is 2. The van der Waals surface area contributed by atoms with Crippen LogP contribution >= 0.6 is 0 Å². The molecule has 2 atom stereocenters. The first-order chi connectivity index (χ1) is 16.0. The monoisotopic (exact) mass is 495 g/mol. The van der Waals surface area contributed by atoms with Gasteiger partial charge in [0.1, 0.15) is 24.2 Å². The summed E-state index contributed by atoms with van der Waals surface area (Å²) >= 11 is 0. The molecule has 186 valence electrons. The van der Waals surface area contributed by atoms with Gasteiger partial charge in [0.05, 0.1) is 11.9 Å². The molecule has 10 heteroatoms. The molecule has 34 heavy (non-hydrogen) atoms. The second-order valence-corrected chi connectivity index (χ2v) is 10.0. The van der Waals surface area contributed by atoms with Crippen molar-refractivity contribution in [2.75, 3.05) is 17.1 Å². The molecule has 0 aliphatic rings. The number of rotatable bonds is 11. The summed E-state index contributed by atoms with van der Waals surface area (Å²) in [5.41, 5.74) is 0.566. The maximum Gasteiger partial charge on any atom is 0.244 e. The minimum Gasteiger partial charge on any atom is -0.352 e. The summed E-state index contributed by atoms with van der Waals surface area (Å²) in [5.74, 6) is -2.12. The lowest BCUT2D eigenvalue weighted by Crippen LogP contribution is -2.53. The van der Waals surface area contributed by atoms with E-state index in [1.54, 1.807) is 6.92 Å². The van der Waals surface area contributed by atoms with Crippen molar-refractivity contribution in [3.05, 3.63) is 65.7 Å². The van der Waals surface area contributed by atoms with E-state index in [4.69, 9.17) is 0 Å². The number of anilines is 1. The van der Waals surface area contributed by atoms with Crippen LogP contribution in [0.3, 0.4) is 0 Å². The fourth-order valence-corrected chi connectivity index (χ4v) is 4.23. The van der Waals surface area contributed by atoms with Crippen molar-refractivity contribution >= 4 is 27.5 Å². The summed E-state index contributed by atoms with van der Waals surface area (Å²) in [7, 11) is -3.95. The van der Waals surface area contributed by atoms with Gasteiger partial charge in [-0.25, -0.2) is 17.2 Å². The number of hydrogen-bond acceptors (Lipinski definition) is 4. The zero-order valence-electron chi connectivity index (χ0n) is 19.8. The van der Waals surface area contributed by atoms with E-state index in [1.165, 1.54) is 47.4 Å². The van der Waals surface area contributed by atoms with Gasteiger partial charge in [-0.3, -0.25) is 13.9 Å². The maximum absolute atomic E-state index is 13.8. The summed E-state index contributed by atoms with van der Waals surface area (Å²) in [6.07, 6.45) is 1.88. The smallest absolute Gasteiger partial charge is 0.244 e. The Balaban J connectivity index is 2.43. The average molecular weight is 496 g/mol. The third-order valence-corrected chi connectivity index (χ3v) is 6.57. The van der Waals surface area contributed by atoms with Crippen molar-refractivity contribution in [2.24, 2.45) is 0 Å². The zero-order chi connectivity index (χ0) is 25.5. The Bertz CT molecular complexity index is 1090. The minimum absolute atomic E-state index is 0.00492. The highest BCUT2D eigenvalue weighted by atomic mass is 32.2. The number of carbonyl (C=O) groups excluding carboxylic acids is 2. The summed E-state index contributed by atoms with van der Waals surface area (Å²) in [6, 6.07) is 9.38. The topological polar surface area (TPSA) is 86.8 Å². The van der Waals surface area contributed by atoms with Crippen LogP contribution in [0.15, 0.2) is 48.5 Å². The number of sulfonamides is 1. The van der Waals surface area contributed by atoms with Gasteiger partial charge in [0, 0.05) is 12.6 Å². The molecule has 0 unspecified atom stereocenters. The van der Waals surface area contributed by atoms with Crippen LogP contribution in [0.4, 0.5) is 14.5 Å². The standard InChI is InChI=1S/C24H31F2N3O4S/c1-5-17(3)27-24(31)22(6-2)28(15-18-10-12-19(25)13-11-18)23(30)16-29(34(4,32)33)21-9-7-8-20(26)14-21/h7-14,17,22H,5-6,15-16H2,1-4H3,(H,27,31)/t17-,22-/m1/s1. The molecule has 2 amide bonds. The van der Waals surface area contributed by atoms with Crippen molar-refractivity contribution in [2.45, 2.75) is 52.2 Å². The van der Waals surface area contributed by atoms with E-state index in [1.807, 2.05) is 13.8 Å². The van der Waals surface area contributed by atoms with E-state index in [0.717, 1.165) is 16.6 Å². The molecule has 0 heterocycles. The van der Waals surface area contributed by atoms with Crippen molar-refractivity contribution in [1.29, 1.82) is 0 Å². The molecule has 0 radical (unpaired) electrons. The van der Waals surface area contributed by atoms with Crippen molar-refractivity contribution in [3.63, 3.8) is 0 Å². The van der Waals surface area contributed by atoms with Gasteiger partial charge in [0.15, 0.2) is 0 Å². The van der Waals surface area contributed by atoms with Crippen molar-refractivity contribution < 1.29 is 26.8 Å². The van der Waals surface area contributed by atoms with Gasteiger partial charge >= 0.3 is 0 Å². The largest absolute Gasteiger partial charge is 0.352 e. The third-order valence-electron chi connectivity index (χ3n) is 5.43. The predicted molar refractivity (Wildman–Crippen MR) is 128 cm³/mol. The van der Waals surface area contributed by atoms with Crippen molar-refractivity contribution in [1.82, 2.24) is 10.2 Å². The van der Waals surface area contributed by atoms with Gasteiger partial charge in [-0.15, -0.1) is 0 Å². The number of hydrogen-bond donors (Lipinski definition) is 1. The first-order valence-electron chi connectivity index (χ1n) is 11.0. The Hall–Kier alpha value is -3.01. The van der Waals surface area contributed by atoms with Gasteiger partial charge in [-0.05, 0) is 55.7 Å². The molecular weight excluding hydrogens is 464 g/mol. The van der Waals surface area contributed by atoms with Crippen LogP contribution in [-0.2, 0) is 26.2 Å². The first-order valence-corrected chi connectivity index (χ1v) is 12.9. The van der Waals surface area contributed by atoms with Crippen LogP contribution in [0.25, 0.3) is 0 Å². The quantitative estimate of drug-likeness (QED) is 0.517. The average Bonchev–Trinajstić information content (AvgIpc) is 2.77. The molecule has 0 bridgehead atoms. The highest BCUT2D eigenvalue weighted by Crippen LogP contribution is 2.20. The summed E-state index contributed by atoms with van der Waals surface area (Å²) in [4.78, 5) is 27.7. The van der Waals surface area contributed by atoms with Crippen LogP contribution in [0, 0.1) is 11.6 Å². The summed E-state index contributed by atoms with van der Waals surface area (Å²) in [5, 5.41) is 2.86. The van der Waals surface area contributed by atoms with Crippen molar-refractivity contribution in [3.8, 4) is 0 Å². The second kappa shape index (κ2) is 11.9. The van der Waals surface area contributed by atoms with Gasteiger partial charge in [0.2, 0.25) is 21.8 Å². The lowest BCUT2D eigenvalue weighted by Gasteiger charge is -2.33. The summed E-state index contributed by atoms with van der Waals surface area (Å²) in [6.45, 7) is 4.83. The molecule has 0 aliphatic heterocycles. The molecule has 0 fully saturated rings. The lowest BCUT2D eigenvalue weighted by atomic mass is 10.1. The fourth-order valence-electron chi connectivity index (χ4n) is 3.39. The molecule has 0 saturated carbocycles. The second-order valence-electron chi connectivity index (χ2n) is 8.14. The predicted octanol–water partition coefficient (Wildman–Crippen LogP) is 3.45. The Kier molecular flexibility index (Phi) is 9.55. The molecule has 0 aliphatic carbocycles. The molecule has 7 nitrogen and oxygen atoms in total. The van der Waals surface area contributed by atoms with E-state index < -0.39 is 40.2 Å². The maximum atomic E-state index is 13.8. The highest BCUT2D eigenvalue weighted by Gasteiger charge is 2.32. The summed E-state index contributed by atoms with van der Waals surface area (Å²) < 4.78 is 52.9. The van der Waals surface area contributed by atoms with Crippen LogP contribution in [0.1, 0.15) is 39.2 Å². The Morgan fingerprint density at radius 1 is 1.00 bits per heavy atom. The van der Waals surface area contributed by atoms with Gasteiger partial charge in [-0.2, -0.15) is 0 Å². The molecule has 0 saturated heterocycles. The Morgan fingerprint density at radius 2 is 1.65 bits per heavy atom. The lowest BCUT2D eigenvalue weighted by molar-refractivity contribution is -0.140. The third kappa shape index (κ3) is 7.51. The molecule has 2 aromatic rings. The normalized spacial score (nSPS) is 13.1. The van der Waals surface area contributed by atoms with Gasteiger partial charge in [0.25, 0.3) is 0 Å². The zero-order valence-corrected chi connectivity index (χ0v) is 20.6. The highest BCUT2D eigenvalue weighted by molar-refractivity contribution is 7.92. The SMILES string of the molecule is CC[C@@H](C)NC(=O)[C@@H](CC)N(Cc1ccc(F)cc1)C(=O)CN(c1cccc(F)c1)S(C)(=O)=O. The molecule has 2 rings (SSSR count). The molecular formula is C24H31F2N3O4S. The molecule has 0 aromatic heterocycles. The number of nitrogens with one attached hydrogen (secondary N) is 1. The van der Waals surface area contributed by atoms with E-state index in [2.05, 4.69) is 5.32 Å². The Morgan fingerprint density at radius 3 is 2.18 bits per heavy atom. The van der Waals surface area contributed by atoms with E-state index in [0.29, 0.717) is 12.0 Å². The van der Waals surface area contributed by atoms with E-state index >= 15 is 0 Å². The number of amides is 2. The fraction of sp³-hybridized carbons (Fsp3) is 0.417. The van der Waals surface area contributed by atoms with Gasteiger partial charge in [-0.1, -0.05) is 32.0 Å². The number of carbonyl (C=O) groups is 2. The Labute approximate surface area is 199 Å². The minimum atomic E-state index is -3.95. The number of nitrogens with zero attached hydrogens (tertiary/aromatic N) is 2. The number of halogens is 2. The van der Waals surface area contributed by atoms with Crippen LogP contribution in [-0.4, -0.2) is 50.0 Å². The van der Waals surface area contributed by atoms with Gasteiger partial charge < -0.3 is 10.2 Å². The molecule has 1 N–H and O–H groups in total. The molecule has 0 spiro atoms. The van der Waals surface area contributed by atoms with Crippen LogP contribution in [0.2, 0.25) is 0 Å². The van der Waals surface area contributed by atoms with E-state index in [-0.39, 0.29) is 30.6 Å². The molecule has 2 aromatic carbocycles. The van der Waals surface area contributed by atoms with Crippen LogP contribution in [0.5, 0.6) is 0 Å².